The Balaban J connectivity index is 3.28. The quantitative estimate of drug-likeness (QED) is 0.649. The zero-order chi connectivity index (χ0) is 15.0. The van der Waals surface area contributed by atoms with Crippen molar-refractivity contribution >= 4 is 0 Å². The van der Waals surface area contributed by atoms with Crippen LogP contribution < -0.4 is 18.9 Å². The highest BCUT2D eigenvalue weighted by molar-refractivity contribution is 5.61. The maximum absolute atomic E-state index is 5.59. The van der Waals surface area contributed by atoms with Gasteiger partial charge in [0.15, 0.2) is 36.6 Å². The summed E-state index contributed by atoms with van der Waals surface area (Å²) in [5.74, 6) is 2.31. The van der Waals surface area contributed by atoms with Crippen LogP contribution in [-0.2, 0) is 15.9 Å². The van der Waals surface area contributed by atoms with Crippen molar-refractivity contribution in [1.82, 2.24) is 0 Å². The summed E-state index contributed by atoms with van der Waals surface area (Å²) in [5, 5.41) is 0. The molecule has 0 saturated carbocycles. The average Bonchev–Trinajstić information content (AvgIpc) is 2.49. The Labute approximate surface area is 119 Å². The van der Waals surface area contributed by atoms with E-state index in [9.17, 15) is 0 Å². The van der Waals surface area contributed by atoms with Crippen molar-refractivity contribution in [2.24, 2.45) is 0 Å². The van der Waals surface area contributed by atoms with Crippen LogP contribution in [-0.4, -0.2) is 42.0 Å². The number of hydrogen-bond donors (Lipinski definition) is 0. The van der Waals surface area contributed by atoms with Gasteiger partial charge in [0.2, 0.25) is 0 Å². The third-order valence-electron chi connectivity index (χ3n) is 2.69. The molecule has 0 aliphatic carbocycles. The fourth-order valence-corrected chi connectivity index (χ4v) is 1.85. The zero-order valence-corrected chi connectivity index (χ0v) is 12.6. The van der Waals surface area contributed by atoms with E-state index >= 15 is 0 Å². The van der Waals surface area contributed by atoms with Crippen LogP contribution in [0.3, 0.4) is 0 Å². The first-order valence-corrected chi connectivity index (χ1v) is 6.24. The Morgan fingerprint density at radius 3 is 1.95 bits per heavy atom. The Bertz CT molecular complexity index is 419. The molecule has 0 unspecified atom stereocenters. The summed E-state index contributed by atoms with van der Waals surface area (Å²) >= 11 is 0. The van der Waals surface area contributed by atoms with Crippen LogP contribution in [0.25, 0.3) is 0 Å². The topological polar surface area (TPSA) is 55.4 Å². The van der Waals surface area contributed by atoms with Gasteiger partial charge in [-0.05, 0) is 6.42 Å². The molecule has 6 heteroatoms. The molecule has 0 spiro atoms. The molecule has 0 bridgehead atoms. The van der Waals surface area contributed by atoms with Crippen LogP contribution in [0.4, 0.5) is 0 Å². The Morgan fingerprint density at radius 2 is 1.45 bits per heavy atom. The van der Waals surface area contributed by atoms with E-state index in [1.54, 1.807) is 34.5 Å². The zero-order valence-electron chi connectivity index (χ0n) is 12.6. The average molecular weight is 286 g/mol. The Morgan fingerprint density at radius 1 is 0.800 bits per heavy atom. The van der Waals surface area contributed by atoms with Crippen LogP contribution in [0.15, 0.2) is 6.07 Å². The molecule has 0 aliphatic rings. The molecule has 0 saturated heterocycles. The number of ether oxygens (including phenoxy) is 6. The molecule has 0 heterocycles. The molecule has 0 N–H and O–H groups in total. The van der Waals surface area contributed by atoms with Crippen LogP contribution in [0.1, 0.15) is 12.5 Å². The lowest BCUT2D eigenvalue weighted by Gasteiger charge is -2.19. The molecule has 114 valence electrons. The normalized spacial score (nSPS) is 10.2. The Kier molecular flexibility index (Phi) is 6.97. The van der Waals surface area contributed by atoms with E-state index in [1.807, 2.05) is 6.92 Å². The van der Waals surface area contributed by atoms with Crippen LogP contribution in [0, 0.1) is 0 Å². The van der Waals surface area contributed by atoms with Crippen molar-refractivity contribution in [3.63, 3.8) is 0 Å². The minimum Gasteiger partial charge on any atom is -0.493 e. The van der Waals surface area contributed by atoms with Crippen molar-refractivity contribution < 1.29 is 28.4 Å². The van der Waals surface area contributed by atoms with Crippen LogP contribution >= 0.6 is 0 Å². The summed E-state index contributed by atoms with van der Waals surface area (Å²) in [6.07, 6.45) is 0.697. The van der Waals surface area contributed by atoms with Crippen molar-refractivity contribution in [2.45, 2.75) is 13.3 Å². The largest absolute Gasteiger partial charge is 0.493 e. The monoisotopic (exact) mass is 286 g/mol. The second kappa shape index (κ2) is 8.50. The number of hydrogen-bond acceptors (Lipinski definition) is 6. The molecule has 20 heavy (non-hydrogen) atoms. The minimum absolute atomic E-state index is 0.126. The summed E-state index contributed by atoms with van der Waals surface area (Å²) in [6.45, 7) is 2.25. The molecular formula is C14H22O6. The first-order chi connectivity index (χ1) is 9.73. The molecule has 0 amide bonds. The SMILES string of the molecule is CCc1c(OC)c(OCOC)cc(OC)c1OCOC. The van der Waals surface area contributed by atoms with Crippen molar-refractivity contribution in [2.75, 3.05) is 42.0 Å². The summed E-state index contributed by atoms with van der Waals surface area (Å²) < 4.78 is 31.7. The lowest BCUT2D eigenvalue weighted by molar-refractivity contribution is 0.0445. The molecular weight excluding hydrogens is 264 g/mol. The fraction of sp³-hybridized carbons (Fsp3) is 0.571. The van der Waals surface area contributed by atoms with E-state index in [0.717, 1.165) is 5.56 Å². The van der Waals surface area contributed by atoms with E-state index in [2.05, 4.69) is 0 Å². The second-order valence-corrected chi connectivity index (χ2v) is 3.87. The standard InChI is InChI=1S/C14H22O6/c1-6-10-13(18-5)12(19-8-15-2)7-11(17-4)14(10)20-9-16-3/h7H,6,8-9H2,1-5H3. The van der Waals surface area contributed by atoms with Crippen molar-refractivity contribution in [3.8, 4) is 23.0 Å². The third-order valence-corrected chi connectivity index (χ3v) is 2.69. The van der Waals surface area contributed by atoms with E-state index in [1.165, 1.54) is 0 Å². The molecule has 0 aromatic heterocycles. The van der Waals surface area contributed by atoms with E-state index in [4.69, 9.17) is 28.4 Å². The van der Waals surface area contributed by atoms with Crippen LogP contribution in [0.5, 0.6) is 23.0 Å². The van der Waals surface area contributed by atoms with Gasteiger partial charge in [-0.1, -0.05) is 6.92 Å². The molecule has 0 fully saturated rings. The minimum atomic E-state index is 0.126. The second-order valence-electron chi connectivity index (χ2n) is 3.87. The third kappa shape index (κ3) is 3.68. The van der Waals surface area contributed by atoms with Gasteiger partial charge in [0.05, 0.1) is 14.2 Å². The van der Waals surface area contributed by atoms with E-state index < -0.39 is 0 Å². The van der Waals surface area contributed by atoms with Gasteiger partial charge in [0.1, 0.15) is 0 Å². The molecule has 0 radical (unpaired) electrons. The molecule has 0 atom stereocenters. The highest BCUT2D eigenvalue weighted by Crippen LogP contribution is 2.44. The van der Waals surface area contributed by atoms with Gasteiger partial charge in [-0.3, -0.25) is 0 Å². The summed E-state index contributed by atoms with van der Waals surface area (Å²) in [4.78, 5) is 0. The fourth-order valence-electron chi connectivity index (χ4n) is 1.85. The summed E-state index contributed by atoms with van der Waals surface area (Å²) in [7, 11) is 6.27. The molecule has 0 aliphatic heterocycles. The lowest BCUT2D eigenvalue weighted by atomic mass is 10.1. The van der Waals surface area contributed by atoms with Gasteiger partial charge in [0, 0.05) is 25.8 Å². The molecule has 6 nitrogen and oxygen atoms in total. The predicted octanol–water partition coefficient (Wildman–Crippen LogP) is 2.23. The van der Waals surface area contributed by atoms with E-state index in [0.29, 0.717) is 29.4 Å². The first kappa shape index (κ1) is 16.4. The highest BCUT2D eigenvalue weighted by atomic mass is 16.7. The summed E-state index contributed by atoms with van der Waals surface area (Å²) in [5.41, 5.74) is 0.856. The Hall–Kier alpha value is -1.66. The van der Waals surface area contributed by atoms with Gasteiger partial charge in [-0.15, -0.1) is 0 Å². The predicted molar refractivity (Wildman–Crippen MR) is 73.9 cm³/mol. The van der Waals surface area contributed by atoms with Gasteiger partial charge >= 0.3 is 0 Å². The van der Waals surface area contributed by atoms with E-state index in [-0.39, 0.29) is 13.6 Å². The maximum Gasteiger partial charge on any atom is 0.188 e. The van der Waals surface area contributed by atoms with Crippen molar-refractivity contribution in [1.29, 1.82) is 0 Å². The number of methoxy groups -OCH3 is 4. The van der Waals surface area contributed by atoms with Gasteiger partial charge < -0.3 is 28.4 Å². The number of benzene rings is 1. The number of rotatable bonds is 9. The lowest BCUT2D eigenvalue weighted by Crippen LogP contribution is -2.07. The van der Waals surface area contributed by atoms with Crippen LogP contribution in [0.2, 0.25) is 0 Å². The van der Waals surface area contributed by atoms with Gasteiger partial charge in [0.25, 0.3) is 0 Å². The van der Waals surface area contributed by atoms with Gasteiger partial charge in [-0.2, -0.15) is 0 Å². The smallest absolute Gasteiger partial charge is 0.188 e. The highest BCUT2D eigenvalue weighted by Gasteiger charge is 2.21. The summed E-state index contributed by atoms with van der Waals surface area (Å²) in [6, 6.07) is 1.71. The molecule has 1 aromatic carbocycles. The molecule has 1 rings (SSSR count). The van der Waals surface area contributed by atoms with Crippen molar-refractivity contribution in [3.05, 3.63) is 11.6 Å². The molecule has 1 aromatic rings. The first-order valence-electron chi connectivity index (χ1n) is 6.24. The van der Waals surface area contributed by atoms with Gasteiger partial charge in [-0.25, -0.2) is 0 Å². The maximum atomic E-state index is 5.59.